The van der Waals surface area contributed by atoms with E-state index in [-0.39, 0.29) is 6.79 Å². The lowest BCUT2D eigenvalue weighted by Gasteiger charge is -2.13. The van der Waals surface area contributed by atoms with E-state index in [1.165, 1.54) is 7.11 Å². The minimum atomic E-state index is -0.480. The van der Waals surface area contributed by atoms with E-state index >= 15 is 0 Å². The molecule has 154 valence electrons. The van der Waals surface area contributed by atoms with E-state index in [9.17, 15) is 9.59 Å². The van der Waals surface area contributed by atoms with Gasteiger partial charge in [-0.05, 0) is 48.7 Å². The normalized spacial score (nSPS) is 11.9. The van der Waals surface area contributed by atoms with Crippen molar-refractivity contribution in [2.24, 2.45) is 5.92 Å². The number of hydrogen-bond donors (Lipinski definition) is 2. The van der Waals surface area contributed by atoms with Gasteiger partial charge in [-0.25, -0.2) is 0 Å². The average Bonchev–Trinajstić information content (AvgIpc) is 3.19. The lowest BCUT2D eigenvalue weighted by atomic mass is 10.1. The molecule has 0 atom stereocenters. The molecular weight excluding hydrogens is 376 g/mol. The Hall–Kier alpha value is -3.42. The largest absolute Gasteiger partial charge is 0.493 e. The number of ether oxygens (including phenoxy) is 4. The Labute approximate surface area is 169 Å². The van der Waals surface area contributed by atoms with Crippen LogP contribution in [0.4, 0.5) is 0 Å². The summed E-state index contributed by atoms with van der Waals surface area (Å²) in [6.45, 7) is 4.92. The smallest absolute Gasteiger partial charge is 0.269 e. The molecular formula is C21H24N2O6. The van der Waals surface area contributed by atoms with Crippen molar-refractivity contribution in [3.8, 4) is 23.0 Å². The van der Waals surface area contributed by atoms with Crippen LogP contribution in [0.25, 0.3) is 0 Å². The van der Waals surface area contributed by atoms with Crippen LogP contribution < -0.4 is 29.8 Å². The summed E-state index contributed by atoms with van der Waals surface area (Å²) in [5.41, 5.74) is 5.42. The van der Waals surface area contributed by atoms with Gasteiger partial charge in [0.15, 0.2) is 23.0 Å². The quantitative estimate of drug-likeness (QED) is 0.694. The van der Waals surface area contributed by atoms with Gasteiger partial charge in [-0.2, -0.15) is 0 Å². The number of carbonyl (C=O) groups is 2. The maximum absolute atomic E-state index is 12.4. The SMILES string of the molecule is COc1cc(C(=O)NNC(=O)c2ccc3c(c2)OCO3)ccc1OCCC(C)C. The molecule has 8 nitrogen and oxygen atoms in total. The molecule has 0 unspecified atom stereocenters. The molecule has 0 saturated heterocycles. The Morgan fingerprint density at radius 3 is 2.31 bits per heavy atom. The summed E-state index contributed by atoms with van der Waals surface area (Å²) < 4.78 is 21.5. The van der Waals surface area contributed by atoms with Gasteiger partial charge in [-0.15, -0.1) is 0 Å². The van der Waals surface area contributed by atoms with Gasteiger partial charge in [-0.1, -0.05) is 13.8 Å². The molecule has 0 bridgehead atoms. The number of carbonyl (C=O) groups excluding carboxylic acids is 2. The standard InChI is InChI=1S/C21H24N2O6/c1-13(2)8-9-27-16-6-4-14(10-18(16)26-3)20(24)22-23-21(25)15-5-7-17-19(11-15)29-12-28-17/h4-7,10-11,13H,8-9,12H2,1-3H3,(H,22,24)(H,23,25). The number of rotatable bonds is 7. The van der Waals surface area contributed by atoms with Crippen LogP contribution in [0.3, 0.4) is 0 Å². The van der Waals surface area contributed by atoms with Crippen LogP contribution in [0.15, 0.2) is 36.4 Å². The highest BCUT2D eigenvalue weighted by Gasteiger charge is 2.17. The van der Waals surface area contributed by atoms with Crippen LogP contribution in [-0.4, -0.2) is 32.3 Å². The molecule has 2 amide bonds. The van der Waals surface area contributed by atoms with Gasteiger partial charge in [0.25, 0.3) is 11.8 Å². The summed E-state index contributed by atoms with van der Waals surface area (Å²) in [6, 6.07) is 9.62. The minimum absolute atomic E-state index is 0.121. The summed E-state index contributed by atoms with van der Waals surface area (Å²) >= 11 is 0. The number of benzene rings is 2. The lowest BCUT2D eigenvalue weighted by molar-refractivity contribution is 0.0846. The van der Waals surface area contributed by atoms with E-state index in [1.54, 1.807) is 36.4 Å². The van der Waals surface area contributed by atoms with Crippen molar-refractivity contribution in [3.63, 3.8) is 0 Å². The zero-order chi connectivity index (χ0) is 20.8. The third kappa shape index (κ3) is 5.10. The van der Waals surface area contributed by atoms with E-state index in [0.29, 0.717) is 46.6 Å². The lowest BCUT2D eigenvalue weighted by Crippen LogP contribution is -2.41. The molecule has 1 aliphatic rings. The van der Waals surface area contributed by atoms with Crippen molar-refractivity contribution in [3.05, 3.63) is 47.5 Å². The maximum atomic E-state index is 12.4. The topological polar surface area (TPSA) is 95.1 Å². The van der Waals surface area contributed by atoms with E-state index in [0.717, 1.165) is 6.42 Å². The third-order valence-electron chi connectivity index (χ3n) is 4.30. The van der Waals surface area contributed by atoms with Crippen LogP contribution in [0, 0.1) is 5.92 Å². The fraction of sp³-hybridized carbons (Fsp3) is 0.333. The molecule has 0 radical (unpaired) electrons. The molecule has 0 fully saturated rings. The monoisotopic (exact) mass is 400 g/mol. The van der Waals surface area contributed by atoms with Crippen molar-refractivity contribution >= 4 is 11.8 Å². The van der Waals surface area contributed by atoms with E-state index in [2.05, 4.69) is 24.7 Å². The van der Waals surface area contributed by atoms with Gasteiger partial charge >= 0.3 is 0 Å². The third-order valence-corrected chi connectivity index (χ3v) is 4.30. The fourth-order valence-corrected chi connectivity index (χ4v) is 2.63. The highest BCUT2D eigenvalue weighted by molar-refractivity contribution is 5.99. The first-order valence-corrected chi connectivity index (χ1v) is 9.29. The molecule has 8 heteroatoms. The predicted molar refractivity (Wildman–Crippen MR) is 105 cm³/mol. The highest BCUT2D eigenvalue weighted by Crippen LogP contribution is 2.32. The van der Waals surface area contributed by atoms with Crippen LogP contribution in [0.5, 0.6) is 23.0 Å². The first kappa shape index (κ1) is 20.3. The van der Waals surface area contributed by atoms with Gasteiger partial charge in [0, 0.05) is 11.1 Å². The molecule has 0 saturated carbocycles. The first-order valence-electron chi connectivity index (χ1n) is 9.29. The number of hydrogen-bond acceptors (Lipinski definition) is 6. The molecule has 0 aromatic heterocycles. The predicted octanol–water partition coefficient (Wildman–Crippen LogP) is 2.92. The summed E-state index contributed by atoms with van der Waals surface area (Å²) in [5.74, 6) is 1.65. The van der Waals surface area contributed by atoms with Gasteiger partial charge in [-0.3, -0.25) is 20.4 Å². The fourth-order valence-electron chi connectivity index (χ4n) is 2.63. The van der Waals surface area contributed by atoms with Crippen LogP contribution >= 0.6 is 0 Å². The first-order chi connectivity index (χ1) is 14.0. The number of fused-ring (bicyclic) bond motifs is 1. The van der Waals surface area contributed by atoms with Crippen molar-refractivity contribution < 1.29 is 28.5 Å². The Morgan fingerprint density at radius 2 is 1.62 bits per heavy atom. The van der Waals surface area contributed by atoms with E-state index in [4.69, 9.17) is 18.9 Å². The van der Waals surface area contributed by atoms with Crippen LogP contribution in [0.1, 0.15) is 41.0 Å². The molecule has 1 heterocycles. The van der Waals surface area contributed by atoms with E-state index < -0.39 is 11.8 Å². The van der Waals surface area contributed by atoms with Crippen molar-refractivity contribution in [1.82, 2.24) is 10.9 Å². The second-order valence-electron chi connectivity index (χ2n) is 6.87. The van der Waals surface area contributed by atoms with Gasteiger partial charge in [0.05, 0.1) is 13.7 Å². The van der Waals surface area contributed by atoms with E-state index in [1.807, 2.05) is 0 Å². The molecule has 2 N–H and O–H groups in total. The Kier molecular flexibility index (Phi) is 6.43. The van der Waals surface area contributed by atoms with Crippen molar-refractivity contribution in [2.75, 3.05) is 20.5 Å². The number of nitrogens with one attached hydrogen (secondary N) is 2. The summed E-state index contributed by atoms with van der Waals surface area (Å²) in [7, 11) is 1.51. The Balaban J connectivity index is 1.59. The number of methoxy groups -OCH3 is 1. The van der Waals surface area contributed by atoms with Gasteiger partial charge in [0.1, 0.15) is 0 Å². The Bertz CT molecular complexity index is 897. The number of hydrazine groups is 1. The second kappa shape index (κ2) is 9.18. The Morgan fingerprint density at radius 1 is 0.966 bits per heavy atom. The molecule has 0 spiro atoms. The number of amides is 2. The summed E-state index contributed by atoms with van der Waals surface area (Å²) in [4.78, 5) is 24.6. The summed E-state index contributed by atoms with van der Waals surface area (Å²) in [5, 5.41) is 0. The zero-order valence-corrected chi connectivity index (χ0v) is 16.6. The average molecular weight is 400 g/mol. The highest BCUT2D eigenvalue weighted by atomic mass is 16.7. The van der Waals surface area contributed by atoms with Crippen molar-refractivity contribution in [2.45, 2.75) is 20.3 Å². The molecule has 29 heavy (non-hydrogen) atoms. The van der Waals surface area contributed by atoms with Gasteiger partial charge < -0.3 is 18.9 Å². The molecule has 1 aliphatic heterocycles. The minimum Gasteiger partial charge on any atom is -0.493 e. The van der Waals surface area contributed by atoms with Crippen LogP contribution in [0.2, 0.25) is 0 Å². The maximum Gasteiger partial charge on any atom is 0.269 e. The summed E-state index contributed by atoms with van der Waals surface area (Å²) in [6.07, 6.45) is 0.914. The molecule has 2 aromatic rings. The molecule has 2 aromatic carbocycles. The molecule has 3 rings (SSSR count). The van der Waals surface area contributed by atoms with Crippen LogP contribution in [-0.2, 0) is 0 Å². The van der Waals surface area contributed by atoms with Gasteiger partial charge in [0.2, 0.25) is 6.79 Å². The zero-order valence-electron chi connectivity index (χ0n) is 16.6. The second-order valence-corrected chi connectivity index (χ2v) is 6.87. The van der Waals surface area contributed by atoms with Crippen molar-refractivity contribution in [1.29, 1.82) is 0 Å². The molecule has 0 aliphatic carbocycles.